The van der Waals surface area contributed by atoms with Crippen LogP contribution in [-0.4, -0.2) is 36.9 Å². The van der Waals surface area contributed by atoms with Gasteiger partial charge in [-0.3, -0.25) is 9.59 Å². The monoisotopic (exact) mass is 372 g/mol. The number of benzene rings is 1. The lowest BCUT2D eigenvalue weighted by Crippen LogP contribution is -2.39. The van der Waals surface area contributed by atoms with Crippen molar-refractivity contribution in [3.05, 3.63) is 23.8 Å². The number of amides is 2. The highest BCUT2D eigenvalue weighted by Gasteiger charge is 2.32. The summed E-state index contributed by atoms with van der Waals surface area (Å²) in [4.78, 5) is 27.6. The second-order valence-corrected chi connectivity index (χ2v) is 7.98. The molecule has 1 aromatic carbocycles. The summed E-state index contributed by atoms with van der Waals surface area (Å²) in [7, 11) is 1.61. The van der Waals surface area contributed by atoms with Gasteiger partial charge in [-0.2, -0.15) is 0 Å². The summed E-state index contributed by atoms with van der Waals surface area (Å²) in [5, 5.41) is 3.03. The number of aryl methyl sites for hydroxylation is 1. The van der Waals surface area contributed by atoms with Crippen molar-refractivity contribution in [2.75, 3.05) is 25.5 Å². The van der Waals surface area contributed by atoms with E-state index < -0.39 is 0 Å². The maximum Gasteiger partial charge on any atom is 0.227 e. The largest absolute Gasteiger partial charge is 0.495 e. The Morgan fingerprint density at radius 3 is 2.26 bits per heavy atom. The zero-order chi connectivity index (χ0) is 19.2. The molecule has 1 heterocycles. The Bertz CT molecular complexity index is 658. The first kappa shape index (κ1) is 19.7. The van der Waals surface area contributed by atoms with Gasteiger partial charge in [-0.25, -0.2) is 0 Å². The third-order valence-electron chi connectivity index (χ3n) is 5.98. The van der Waals surface area contributed by atoms with E-state index in [4.69, 9.17) is 4.74 Å². The topological polar surface area (TPSA) is 58.6 Å². The highest BCUT2D eigenvalue weighted by atomic mass is 16.5. The molecule has 0 radical (unpaired) electrons. The summed E-state index contributed by atoms with van der Waals surface area (Å²) in [5.74, 6) is 1.11. The SMILES string of the molecule is COc1ccc(C)cc1NC(=O)C1CCC(C(=O)N2CCCCCC2)CC1. The van der Waals surface area contributed by atoms with Gasteiger partial charge in [0, 0.05) is 24.9 Å². The maximum absolute atomic E-state index is 12.8. The number of nitrogens with zero attached hydrogens (tertiary/aromatic N) is 1. The van der Waals surface area contributed by atoms with Gasteiger partial charge in [0.2, 0.25) is 11.8 Å². The molecule has 1 saturated carbocycles. The first-order valence-electron chi connectivity index (χ1n) is 10.3. The molecule has 5 nitrogen and oxygen atoms in total. The number of methoxy groups -OCH3 is 1. The van der Waals surface area contributed by atoms with Crippen LogP contribution >= 0.6 is 0 Å². The van der Waals surface area contributed by atoms with Crippen LogP contribution in [0.4, 0.5) is 5.69 Å². The number of carbonyl (C=O) groups is 2. The average Bonchev–Trinajstić information content (AvgIpc) is 2.97. The van der Waals surface area contributed by atoms with Gasteiger partial charge in [0.25, 0.3) is 0 Å². The number of hydrogen-bond donors (Lipinski definition) is 1. The van der Waals surface area contributed by atoms with Gasteiger partial charge in [-0.1, -0.05) is 18.9 Å². The number of nitrogens with one attached hydrogen (secondary N) is 1. The van der Waals surface area contributed by atoms with Crippen molar-refractivity contribution < 1.29 is 14.3 Å². The molecule has 0 bridgehead atoms. The summed E-state index contributed by atoms with van der Waals surface area (Å²) in [6, 6.07) is 5.78. The standard InChI is InChI=1S/C22H32N2O3/c1-16-7-12-20(27-2)19(15-16)23-21(25)17-8-10-18(11-9-17)22(26)24-13-5-3-4-6-14-24/h7,12,15,17-18H,3-6,8-11,13-14H2,1-2H3,(H,23,25). The van der Waals surface area contributed by atoms with Crippen LogP contribution in [0.3, 0.4) is 0 Å². The molecule has 1 aliphatic heterocycles. The summed E-state index contributed by atoms with van der Waals surface area (Å²) < 4.78 is 5.35. The minimum absolute atomic E-state index is 0.0246. The minimum atomic E-state index is -0.0246. The number of likely N-dealkylation sites (tertiary alicyclic amines) is 1. The van der Waals surface area contributed by atoms with E-state index in [1.165, 1.54) is 12.8 Å². The lowest BCUT2D eigenvalue weighted by molar-refractivity contribution is -0.137. The van der Waals surface area contributed by atoms with Gasteiger partial charge in [-0.15, -0.1) is 0 Å². The Kier molecular flexibility index (Phi) is 6.75. The molecular formula is C22H32N2O3. The normalized spacial score (nSPS) is 23.4. The van der Waals surface area contributed by atoms with Crippen molar-refractivity contribution >= 4 is 17.5 Å². The molecule has 3 rings (SSSR count). The van der Waals surface area contributed by atoms with Crippen LogP contribution in [-0.2, 0) is 9.59 Å². The Morgan fingerprint density at radius 1 is 1.00 bits per heavy atom. The summed E-state index contributed by atoms with van der Waals surface area (Å²) in [6.45, 7) is 3.81. The van der Waals surface area contributed by atoms with Crippen LogP contribution in [0.15, 0.2) is 18.2 Å². The maximum atomic E-state index is 12.8. The van der Waals surface area contributed by atoms with Crippen LogP contribution < -0.4 is 10.1 Å². The summed E-state index contributed by atoms with van der Waals surface area (Å²) >= 11 is 0. The van der Waals surface area contributed by atoms with Gasteiger partial charge in [0.15, 0.2) is 0 Å². The number of ether oxygens (including phenoxy) is 1. The van der Waals surface area contributed by atoms with Crippen molar-refractivity contribution in [3.8, 4) is 5.75 Å². The smallest absolute Gasteiger partial charge is 0.227 e. The molecule has 0 atom stereocenters. The van der Waals surface area contributed by atoms with E-state index in [1.54, 1.807) is 7.11 Å². The van der Waals surface area contributed by atoms with E-state index in [9.17, 15) is 9.59 Å². The highest BCUT2D eigenvalue weighted by Crippen LogP contribution is 2.33. The van der Waals surface area contributed by atoms with E-state index in [0.29, 0.717) is 11.7 Å². The lowest BCUT2D eigenvalue weighted by atomic mass is 9.81. The van der Waals surface area contributed by atoms with E-state index >= 15 is 0 Å². The molecule has 2 fully saturated rings. The number of rotatable bonds is 4. The van der Waals surface area contributed by atoms with Gasteiger partial charge in [0.1, 0.15) is 5.75 Å². The van der Waals surface area contributed by atoms with Crippen molar-refractivity contribution in [2.24, 2.45) is 11.8 Å². The summed E-state index contributed by atoms with van der Waals surface area (Å²) in [6.07, 6.45) is 7.92. The molecule has 5 heteroatoms. The molecule has 148 valence electrons. The van der Waals surface area contributed by atoms with E-state index in [2.05, 4.69) is 10.2 Å². The molecule has 2 amide bonds. The average molecular weight is 373 g/mol. The molecule has 0 spiro atoms. The van der Waals surface area contributed by atoms with Crippen LogP contribution in [0, 0.1) is 18.8 Å². The quantitative estimate of drug-likeness (QED) is 0.864. The summed E-state index contributed by atoms with van der Waals surface area (Å²) in [5.41, 5.74) is 1.81. The van der Waals surface area contributed by atoms with Crippen molar-refractivity contribution in [1.82, 2.24) is 4.90 Å². The fourth-order valence-electron chi connectivity index (χ4n) is 4.31. The molecule has 27 heavy (non-hydrogen) atoms. The zero-order valence-corrected chi connectivity index (χ0v) is 16.6. The lowest BCUT2D eigenvalue weighted by Gasteiger charge is -2.31. The fourth-order valence-corrected chi connectivity index (χ4v) is 4.31. The predicted octanol–water partition coefficient (Wildman–Crippen LogP) is 4.15. The van der Waals surface area contributed by atoms with E-state index in [1.807, 2.05) is 25.1 Å². The fraction of sp³-hybridized carbons (Fsp3) is 0.636. The van der Waals surface area contributed by atoms with Gasteiger partial charge in [0.05, 0.1) is 12.8 Å². The molecule has 1 aliphatic carbocycles. The van der Waals surface area contributed by atoms with Crippen molar-refractivity contribution in [3.63, 3.8) is 0 Å². The van der Waals surface area contributed by atoms with Gasteiger partial charge in [-0.05, 0) is 63.1 Å². The Labute approximate surface area is 162 Å². The molecule has 2 aliphatic rings. The van der Waals surface area contributed by atoms with E-state index in [0.717, 1.165) is 62.9 Å². The number of carbonyl (C=O) groups excluding carboxylic acids is 2. The molecule has 0 unspecified atom stereocenters. The third-order valence-corrected chi connectivity index (χ3v) is 5.98. The molecular weight excluding hydrogens is 340 g/mol. The Hall–Kier alpha value is -2.04. The van der Waals surface area contributed by atoms with Crippen LogP contribution in [0.1, 0.15) is 56.9 Å². The second kappa shape index (κ2) is 9.25. The second-order valence-electron chi connectivity index (χ2n) is 7.98. The van der Waals surface area contributed by atoms with Crippen LogP contribution in [0.5, 0.6) is 5.75 Å². The van der Waals surface area contributed by atoms with Gasteiger partial charge < -0.3 is 15.0 Å². The number of anilines is 1. The Morgan fingerprint density at radius 2 is 1.63 bits per heavy atom. The third kappa shape index (κ3) is 5.02. The highest BCUT2D eigenvalue weighted by molar-refractivity contribution is 5.94. The number of hydrogen-bond acceptors (Lipinski definition) is 3. The Balaban J connectivity index is 1.53. The molecule has 1 aromatic rings. The van der Waals surface area contributed by atoms with Crippen molar-refractivity contribution in [2.45, 2.75) is 58.3 Å². The molecule has 0 aromatic heterocycles. The predicted molar refractivity (Wildman–Crippen MR) is 107 cm³/mol. The molecule has 1 N–H and O–H groups in total. The van der Waals surface area contributed by atoms with Gasteiger partial charge >= 0.3 is 0 Å². The molecule has 1 saturated heterocycles. The van der Waals surface area contributed by atoms with E-state index in [-0.39, 0.29) is 17.7 Å². The first-order chi connectivity index (χ1) is 13.1. The first-order valence-corrected chi connectivity index (χ1v) is 10.3. The van der Waals surface area contributed by atoms with Crippen LogP contribution in [0.2, 0.25) is 0 Å². The van der Waals surface area contributed by atoms with Crippen molar-refractivity contribution in [1.29, 1.82) is 0 Å². The van der Waals surface area contributed by atoms with Crippen LogP contribution in [0.25, 0.3) is 0 Å². The zero-order valence-electron chi connectivity index (χ0n) is 16.6. The minimum Gasteiger partial charge on any atom is -0.495 e.